The molecule has 214 valence electrons. The molecule has 0 unspecified atom stereocenters. The molecule has 0 aliphatic heterocycles. The van der Waals surface area contributed by atoms with Crippen LogP contribution in [-0.4, -0.2) is 29.5 Å². The van der Waals surface area contributed by atoms with E-state index in [0.717, 1.165) is 44.0 Å². The summed E-state index contributed by atoms with van der Waals surface area (Å²) in [6, 6.07) is 48.9. The van der Waals surface area contributed by atoms with Gasteiger partial charge in [0.05, 0.1) is 0 Å². The number of furan rings is 1. The van der Waals surface area contributed by atoms with Crippen LogP contribution in [0.5, 0.6) is 0 Å². The topological polar surface area (TPSA) is 51.8 Å². The minimum absolute atomic E-state index is 0.243. The Hall–Kier alpha value is -5.61. The standard InChI is InChI=1S/C41H23N3OSe/c1-2-10-24(11-3-1)39-42-40(26-19-21-35-32(23-26)28-13-6-8-16-34(28)45-35)44-41(43-39)33-22-25-18-20-31-29-14-7-9-17-36(29)46-38(31)37(25)30-15-5-4-12-27(30)33/h1-23H. The van der Waals surface area contributed by atoms with Crippen molar-refractivity contribution in [3.05, 3.63) is 140 Å². The van der Waals surface area contributed by atoms with Crippen molar-refractivity contribution in [2.75, 3.05) is 0 Å². The van der Waals surface area contributed by atoms with Crippen LogP contribution in [0.3, 0.4) is 0 Å². The van der Waals surface area contributed by atoms with Crippen molar-refractivity contribution in [3.63, 3.8) is 0 Å². The summed E-state index contributed by atoms with van der Waals surface area (Å²) in [6.45, 7) is 0. The summed E-state index contributed by atoms with van der Waals surface area (Å²) in [5.41, 5.74) is 4.59. The monoisotopic (exact) mass is 653 g/mol. The van der Waals surface area contributed by atoms with Crippen LogP contribution in [0.1, 0.15) is 0 Å². The maximum atomic E-state index is 6.12. The van der Waals surface area contributed by atoms with Crippen LogP contribution in [-0.2, 0) is 0 Å². The fourth-order valence-corrected chi connectivity index (χ4v) is 9.43. The summed E-state index contributed by atoms with van der Waals surface area (Å²) in [4.78, 5) is 15.3. The normalized spacial score (nSPS) is 11.9. The van der Waals surface area contributed by atoms with Crippen LogP contribution in [0.2, 0.25) is 0 Å². The van der Waals surface area contributed by atoms with Gasteiger partial charge in [-0.1, -0.05) is 18.2 Å². The number of hydrogen-bond donors (Lipinski definition) is 0. The van der Waals surface area contributed by atoms with Gasteiger partial charge in [-0.25, -0.2) is 0 Å². The molecule has 5 heteroatoms. The zero-order valence-electron chi connectivity index (χ0n) is 24.4. The summed E-state index contributed by atoms with van der Waals surface area (Å²) < 4.78 is 9.02. The van der Waals surface area contributed by atoms with E-state index in [2.05, 4.69) is 91.0 Å². The van der Waals surface area contributed by atoms with Crippen LogP contribution in [0.15, 0.2) is 144 Å². The molecule has 10 rings (SSSR count). The number of aromatic nitrogens is 3. The Morgan fingerprint density at radius 3 is 1.98 bits per heavy atom. The third-order valence-corrected chi connectivity index (χ3v) is 11.4. The predicted molar refractivity (Wildman–Crippen MR) is 190 cm³/mol. The molecule has 0 saturated heterocycles. The number of para-hydroxylation sites is 1. The quantitative estimate of drug-likeness (QED) is 0.141. The van der Waals surface area contributed by atoms with E-state index in [1.165, 1.54) is 35.5 Å². The Morgan fingerprint density at radius 1 is 0.435 bits per heavy atom. The molecule has 4 nitrogen and oxygen atoms in total. The van der Waals surface area contributed by atoms with Gasteiger partial charge in [0, 0.05) is 0 Å². The van der Waals surface area contributed by atoms with Crippen molar-refractivity contribution in [2.24, 2.45) is 0 Å². The van der Waals surface area contributed by atoms with Crippen LogP contribution < -0.4 is 0 Å². The first kappa shape index (κ1) is 25.7. The van der Waals surface area contributed by atoms with Gasteiger partial charge < -0.3 is 4.42 Å². The molecule has 0 N–H and O–H groups in total. The molecule has 3 aromatic heterocycles. The second-order valence-corrected chi connectivity index (χ2v) is 13.8. The average molecular weight is 653 g/mol. The molecule has 0 aliphatic rings. The number of benzene rings is 7. The van der Waals surface area contributed by atoms with Gasteiger partial charge in [-0.2, -0.15) is 0 Å². The molecule has 0 fully saturated rings. The predicted octanol–water partition coefficient (Wildman–Crippen LogP) is 10.4. The third-order valence-electron chi connectivity index (χ3n) is 8.91. The Bertz CT molecular complexity index is 2820. The van der Waals surface area contributed by atoms with Crippen LogP contribution in [0.4, 0.5) is 0 Å². The second kappa shape index (κ2) is 9.95. The number of nitrogens with zero attached hydrogens (tertiary/aromatic N) is 3. The second-order valence-electron chi connectivity index (χ2n) is 11.6. The Labute approximate surface area is 269 Å². The average Bonchev–Trinajstić information content (AvgIpc) is 3.69. The van der Waals surface area contributed by atoms with Crippen molar-refractivity contribution in [2.45, 2.75) is 0 Å². The molecular weight excluding hydrogens is 629 g/mol. The zero-order chi connectivity index (χ0) is 30.2. The number of hydrogen-bond acceptors (Lipinski definition) is 4. The molecule has 0 bridgehead atoms. The molecular formula is C41H23N3OSe. The van der Waals surface area contributed by atoms with Gasteiger partial charge in [0.15, 0.2) is 0 Å². The van der Waals surface area contributed by atoms with E-state index in [1.807, 2.05) is 48.5 Å². The first-order valence-corrected chi connectivity index (χ1v) is 17.0. The van der Waals surface area contributed by atoms with E-state index in [4.69, 9.17) is 19.4 Å². The maximum absolute atomic E-state index is 6.12. The van der Waals surface area contributed by atoms with Gasteiger partial charge in [-0.3, -0.25) is 0 Å². The summed E-state index contributed by atoms with van der Waals surface area (Å²) in [6.07, 6.45) is 0. The van der Waals surface area contributed by atoms with E-state index < -0.39 is 0 Å². The van der Waals surface area contributed by atoms with Gasteiger partial charge in [0.2, 0.25) is 0 Å². The zero-order valence-corrected chi connectivity index (χ0v) is 26.2. The molecule has 0 spiro atoms. The molecule has 10 aromatic rings. The van der Waals surface area contributed by atoms with Crippen LogP contribution >= 0.6 is 0 Å². The minimum atomic E-state index is 0.243. The molecule has 0 aliphatic carbocycles. The van der Waals surface area contributed by atoms with E-state index >= 15 is 0 Å². The molecule has 0 amide bonds. The first-order chi connectivity index (χ1) is 22.8. The van der Waals surface area contributed by atoms with Crippen molar-refractivity contribution in [1.29, 1.82) is 0 Å². The summed E-state index contributed by atoms with van der Waals surface area (Å²) in [7, 11) is 0. The van der Waals surface area contributed by atoms with Gasteiger partial charge in [-0.05, 0) is 6.07 Å². The fourth-order valence-electron chi connectivity index (χ4n) is 6.76. The molecule has 3 heterocycles. The van der Waals surface area contributed by atoms with Gasteiger partial charge >= 0.3 is 236 Å². The number of fused-ring (bicyclic) bond motifs is 10. The summed E-state index contributed by atoms with van der Waals surface area (Å²) in [5.74, 6) is 1.94. The van der Waals surface area contributed by atoms with Crippen molar-refractivity contribution in [1.82, 2.24) is 15.0 Å². The summed E-state index contributed by atoms with van der Waals surface area (Å²) in [5, 5.41) is 9.76. The Kier molecular flexibility index (Phi) is 5.56. The third kappa shape index (κ3) is 3.89. The summed E-state index contributed by atoms with van der Waals surface area (Å²) >= 11 is 0.243. The number of rotatable bonds is 3. The SMILES string of the molecule is c1ccc(-c2nc(-c3ccc4oc5ccccc5c4c3)nc(-c3cc4ccc5c6ccccc6[se]c5c4c4ccccc34)n2)cc1. The van der Waals surface area contributed by atoms with Gasteiger partial charge in [0.25, 0.3) is 0 Å². The van der Waals surface area contributed by atoms with E-state index in [-0.39, 0.29) is 14.5 Å². The van der Waals surface area contributed by atoms with Crippen molar-refractivity contribution < 1.29 is 4.42 Å². The van der Waals surface area contributed by atoms with Crippen molar-refractivity contribution in [3.8, 4) is 34.2 Å². The van der Waals surface area contributed by atoms with Crippen molar-refractivity contribution >= 4 is 77.3 Å². The van der Waals surface area contributed by atoms with E-state index in [9.17, 15) is 0 Å². The Morgan fingerprint density at radius 2 is 1.11 bits per heavy atom. The first-order valence-electron chi connectivity index (χ1n) is 15.3. The van der Waals surface area contributed by atoms with E-state index in [0.29, 0.717) is 17.5 Å². The Balaban J connectivity index is 1.25. The molecule has 0 saturated carbocycles. The molecule has 7 aromatic carbocycles. The van der Waals surface area contributed by atoms with Crippen LogP contribution in [0, 0.1) is 0 Å². The molecule has 46 heavy (non-hydrogen) atoms. The fraction of sp³-hybridized carbons (Fsp3) is 0. The molecule has 0 atom stereocenters. The molecule has 0 radical (unpaired) electrons. The van der Waals surface area contributed by atoms with Gasteiger partial charge in [-0.15, -0.1) is 0 Å². The van der Waals surface area contributed by atoms with E-state index in [1.54, 1.807) is 0 Å². The van der Waals surface area contributed by atoms with Gasteiger partial charge in [0.1, 0.15) is 5.58 Å². The van der Waals surface area contributed by atoms with Crippen LogP contribution in [0.25, 0.3) is 96.9 Å².